The molecule has 2 N–H and O–H groups in total. The molecule has 4 aliphatic rings. The van der Waals surface area contributed by atoms with E-state index in [1.165, 1.54) is 0 Å². The largest absolute Gasteiger partial charge is 0.350 e. The molecule has 4 aliphatic carbocycles. The van der Waals surface area contributed by atoms with Crippen molar-refractivity contribution in [2.75, 3.05) is 5.32 Å². The van der Waals surface area contributed by atoms with Crippen molar-refractivity contribution in [3.63, 3.8) is 0 Å². The molecule has 144 valence electrons. The van der Waals surface area contributed by atoms with Crippen LogP contribution in [0.4, 0.5) is 5.69 Å². The summed E-state index contributed by atoms with van der Waals surface area (Å²) in [7, 11) is 0. The summed E-state index contributed by atoms with van der Waals surface area (Å²) in [5, 5.41) is 6.78. The van der Waals surface area contributed by atoms with Gasteiger partial charge in [-0.05, 0) is 73.9 Å². The number of benzene rings is 2. The van der Waals surface area contributed by atoms with Gasteiger partial charge < -0.3 is 10.6 Å². The first-order valence-corrected chi connectivity index (χ1v) is 10.4. The molecular formula is C23H23ClN2O2. The van der Waals surface area contributed by atoms with Crippen molar-refractivity contribution in [1.29, 1.82) is 0 Å². The molecule has 2 amide bonds. The van der Waals surface area contributed by atoms with E-state index >= 15 is 0 Å². The van der Waals surface area contributed by atoms with Crippen molar-refractivity contribution >= 4 is 29.1 Å². The summed E-state index contributed by atoms with van der Waals surface area (Å²) in [6.07, 6.45) is 6.34. The SMILES string of the molecule is O=C(Nc1ccc(C2(C(=O)NC34CC(C3)C4)CCC2)cc1)c1cccc(Cl)c1. The Morgan fingerprint density at radius 3 is 2.25 bits per heavy atom. The van der Waals surface area contributed by atoms with Crippen molar-refractivity contribution in [1.82, 2.24) is 5.32 Å². The van der Waals surface area contributed by atoms with E-state index in [4.69, 9.17) is 11.6 Å². The van der Waals surface area contributed by atoms with Crippen LogP contribution in [0.1, 0.15) is 54.4 Å². The number of halogens is 1. The molecule has 2 aromatic rings. The summed E-state index contributed by atoms with van der Waals surface area (Å²) in [6, 6.07) is 14.6. The fourth-order valence-electron chi connectivity index (χ4n) is 4.87. The van der Waals surface area contributed by atoms with Crippen LogP contribution in [0.3, 0.4) is 0 Å². The average Bonchev–Trinajstić information content (AvgIpc) is 2.57. The van der Waals surface area contributed by atoms with E-state index in [1.54, 1.807) is 24.3 Å². The van der Waals surface area contributed by atoms with Crippen LogP contribution in [0.5, 0.6) is 0 Å². The fourth-order valence-corrected chi connectivity index (χ4v) is 5.06. The van der Waals surface area contributed by atoms with Gasteiger partial charge in [0, 0.05) is 21.8 Å². The van der Waals surface area contributed by atoms with Crippen LogP contribution in [-0.4, -0.2) is 17.4 Å². The number of carbonyl (C=O) groups excluding carboxylic acids is 2. The molecule has 4 saturated carbocycles. The molecule has 0 unspecified atom stereocenters. The molecule has 6 rings (SSSR count). The summed E-state index contributed by atoms with van der Waals surface area (Å²) < 4.78 is 0. The first-order valence-electron chi connectivity index (χ1n) is 9.98. The van der Waals surface area contributed by atoms with Gasteiger partial charge in [-0.3, -0.25) is 9.59 Å². The lowest BCUT2D eigenvalue weighted by atomic mass is 9.49. The van der Waals surface area contributed by atoms with Crippen LogP contribution < -0.4 is 10.6 Å². The number of rotatable bonds is 5. The number of hydrogen-bond acceptors (Lipinski definition) is 2. The van der Waals surface area contributed by atoms with Crippen molar-refractivity contribution in [3.05, 3.63) is 64.7 Å². The minimum atomic E-state index is -0.398. The molecule has 2 bridgehead atoms. The highest BCUT2D eigenvalue weighted by Gasteiger charge is 2.59. The molecule has 4 nitrogen and oxygen atoms in total. The number of carbonyl (C=O) groups is 2. The molecular weight excluding hydrogens is 372 g/mol. The second-order valence-corrected chi connectivity index (χ2v) is 9.13. The van der Waals surface area contributed by atoms with Gasteiger partial charge >= 0.3 is 0 Å². The van der Waals surface area contributed by atoms with E-state index < -0.39 is 5.41 Å². The predicted octanol–water partition coefficient (Wildman–Crippen LogP) is 4.68. The van der Waals surface area contributed by atoms with Gasteiger partial charge in [0.2, 0.25) is 5.91 Å². The zero-order valence-corrected chi connectivity index (χ0v) is 16.4. The molecule has 0 spiro atoms. The van der Waals surface area contributed by atoms with Gasteiger partial charge in [0.1, 0.15) is 0 Å². The number of hydrogen-bond donors (Lipinski definition) is 2. The molecule has 0 saturated heterocycles. The van der Waals surface area contributed by atoms with Gasteiger partial charge in [-0.25, -0.2) is 0 Å². The maximum absolute atomic E-state index is 13.1. The Bertz CT molecular complexity index is 932. The minimum absolute atomic E-state index is 0.106. The molecule has 5 heteroatoms. The molecule has 0 aromatic heterocycles. The summed E-state index contributed by atoms with van der Waals surface area (Å²) >= 11 is 5.96. The lowest BCUT2D eigenvalue weighted by Crippen LogP contribution is -2.70. The molecule has 2 aromatic carbocycles. The molecule has 4 fully saturated rings. The zero-order valence-electron chi connectivity index (χ0n) is 15.6. The summed E-state index contributed by atoms with van der Waals surface area (Å²) in [5.74, 6) is 0.836. The third-order valence-corrected chi connectivity index (χ3v) is 7.08. The molecule has 0 radical (unpaired) electrons. The predicted molar refractivity (Wildman–Crippen MR) is 110 cm³/mol. The van der Waals surface area contributed by atoms with E-state index in [-0.39, 0.29) is 17.4 Å². The van der Waals surface area contributed by atoms with E-state index in [9.17, 15) is 9.59 Å². The topological polar surface area (TPSA) is 58.2 Å². The van der Waals surface area contributed by atoms with Crippen LogP contribution in [-0.2, 0) is 10.2 Å². The number of anilines is 1. The first-order chi connectivity index (χ1) is 13.5. The van der Waals surface area contributed by atoms with Crippen LogP contribution >= 0.6 is 11.6 Å². The van der Waals surface area contributed by atoms with Crippen molar-refractivity contribution in [3.8, 4) is 0 Å². The average molecular weight is 395 g/mol. The van der Waals surface area contributed by atoms with Crippen LogP contribution in [0.25, 0.3) is 0 Å². The Balaban J connectivity index is 1.29. The highest BCUT2D eigenvalue weighted by atomic mass is 35.5. The fraction of sp³-hybridized carbons (Fsp3) is 0.391. The Hall–Kier alpha value is -2.33. The zero-order chi connectivity index (χ0) is 19.4. The van der Waals surface area contributed by atoms with Crippen molar-refractivity contribution in [2.24, 2.45) is 5.92 Å². The Kier molecular flexibility index (Phi) is 4.02. The van der Waals surface area contributed by atoms with Gasteiger partial charge in [-0.15, -0.1) is 0 Å². The molecule has 28 heavy (non-hydrogen) atoms. The maximum Gasteiger partial charge on any atom is 0.255 e. The van der Waals surface area contributed by atoms with E-state index in [1.807, 2.05) is 24.3 Å². The van der Waals surface area contributed by atoms with Crippen LogP contribution in [0, 0.1) is 5.92 Å². The lowest BCUT2D eigenvalue weighted by Gasteiger charge is -2.63. The normalized spacial score (nSPS) is 26.2. The Labute approximate surface area is 169 Å². The quantitative estimate of drug-likeness (QED) is 0.773. The second kappa shape index (κ2) is 6.35. The van der Waals surface area contributed by atoms with Crippen molar-refractivity contribution < 1.29 is 9.59 Å². The summed E-state index contributed by atoms with van der Waals surface area (Å²) in [5.41, 5.74) is 1.98. The van der Waals surface area contributed by atoms with E-state index in [0.717, 1.165) is 50.0 Å². The lowest BCUT2D eigenvalue weighted by molar-refractivity contribution is -0.141. The standard InChI is InChI=1S/C23H23ClN2O2/c24-18-4-1-3-16(11-18)20(27)25-19-7-5-17(6-8-19)23(9-2-10-23)21(28)26-22-12-15(13-22)14-22/h1,3-8,11,15H,2,9-10,12-14H2,(H,25,27)(H,26,28). The summed E-state index contributed by atoms with van der Waals surface area (Å²) in [6.45, 7) is 0. The van der Waals surface area contributed by atoms with Gasteiger partial charge in [0.05, 0.1) is 5.41 Å². The van der Waals surface area contributed by atoms with Gasteiger partial charge in [0.25, 0.3) is 5.91 Å². The maximum atomic E-state index is 13.1. The van der Waals surface area contributed by atoms with Gasteiger partial charge in [-0.1, -0.05) is 36.2 Å². The molecule has 0 heterocycles. The number of amides is 2. The second-order valence-electron chi connectivity index (χ2n) is 8.69. The third-order valence-electron chi connectivity index (χ3n) is 6.84. The van der Waals surface area contributed by atoms with Gasteiger partial charge in [0.15, 0.2) is 0 Å². The highest BCUT2D eigenvalue weighted by molar-refractivity contribution is 6.31. The number of nitrogens with one attached hydrogen (secondary N) is 2. The van der Waals surface area contributed by atoms with Crippen LogP contribution in [0.15, 0.2) is 48.5 Å². The van der Waals surface area contributed by atoms with E-state index in [2.05, 4.69) is 10.6 Å². The smallest absolute Gasteiger partial charge is 0.255 e. The first kappa shape index (κ1) is 17.7. The molecule has 0 atom stereocenters. The molecule has 0 aliphatic heterocycles. The monoisotopic (exact) mass is 394 g/mol. The van der Waals surface area contributed by atoms with Gasteiger partial charge in [-0.2, -0.15) is 0 Å². The summed E-state index contributed by atoms with van der Waals surface area (Å²) in [4.78, 5) is 25.5. The minimum Gasteiger partial charge on any atom is -0.350 e. The third kappa shape index (κ3) is 2.82. The Morgan fingerprint density at radius 1 is 1.00 bits per heavy atom. The van der Waals surface area contributed by atoms with E-state index in [0.29, 0.717) is 16.3 Å². The Morgan fingerprint density at radius 2 is 1.71 bits per heavy atom. The highest BCUT2D eigenvalue weighted by Crippen LogP contribution is 2.57. The van der Waals surface area contributed by atoms with Crippen molar-refractivity contribution in [2.45, 2.75) is 49.5 Å². The van der Waals surface area contributed by atoms with Crippen LogP contribution in [0.2, 0.25) is 5.02 Å².